The van der Waals surface area contributed by atoms with E-state index in [0.717, 1.165) is 0 Å². The first-order valence-electron chi connectivity index (χ1n) is 11.5. The maximum absolute atomic E-state index is 12.8. The van der Waals surface area contributed by atoms with Gasteiger partial charge < -0.3 is 19.7 Å². The van der Waals surface area contributed by atoms with Crippen molar-refractivity contribution in [2.24, 2.45) is 0 Å². The van der Waals surface area contributed by atoms with E-state index in [0.29, 0.717) is 0 Å². The van der Waals surface area contributed by atoms with Crippen molar-refractivity contribution >= 4 is 24.1 Å². The Kier molecular flexibility index (Phi) is 9.96. The number of rotatable bonds is 2. The van der Waals surface area contributed by atoms with Crippen molar-refractivity contribution in [2.45, 2.75) is 115 Å². The van der Waals surface area contributed by atoms with Gasteiger partial charge in [0.05, 0.1) is 0 Å². The summed E-state index contributed by atoms with van der Waals surface area (Å²) in [7, 11) is 0. The van der Waals surface area contributed by atoms with Crippen molar-refractivity contribution < 1.29 is 65.2 Å². The lowest BCUT2D eigenvalue weighted by molar-refractivity contribution is -0.179. The first-order valence-corrected chi connectivity index (χ1v) is 11.5. The Hall–Kier alpha value is -2.94. The number of halogens is 6. The Morgan fingerprint density at radius 2 is 0.868 bits per heavy atom. The van der Waals surface area contributed by atoms with Gasteiger partial charge in [-0.25, -0.2) is 19.2 Å². The topological polar surface area (TPSA) is 134 Å². The number of aliphatic carboxylic acids is 2. The van der Waals surface area contributed by atoms with Crippen LogP contribution in [0.1, 0.15) is 67.2 Å². The van der Waals surface area contributed by atoms with Crippen molar-refractivity contribution in [3.8, 4) is 0 Å². The second-order valence-electron chi connectivity index (χ2n) is 10.8. The number of likely N-dealkylation sites (tertiary alicyclic amines) is 2. The molecule has 2 heterocycles. The van der Waals surface area contributed by atoms with E-state index >= 15 is 0 Å². The fourth-order valence-corrected chi connectivity index (χ4v) is 3.89. The highest BCUT2D eigenvalue weighted by Gasteiger charge is 2.55. The third kappa shape index (κ3) is 9.11. The summed E-state index contributed by atoms with van der Waals surface area (Å²) in [6, 6.07) is -7.21. The van der Waals surface area contributed by atoms with Gasteiger partial charge in [0.15, 0.2) is 0 Å². The summed E-state index contributed by atoms with van der Waals surface area (Å²) < 4.78 is 86.5. The molecule has 38 heavy (non-hydrogen) atoms. The van der Waals surface area contributed by atoms with Crippen molar-refractivity contribution in [3.05, 3.63) is 0 Å². The summed E-state index contributed by atoms with van der Waals surface area (Å²) >= 11 is 0. The molecule has 0 unspecified atom stereocenters. The van der Waals surface area contributed by atoms with E-state index in [1.807, 2.05) is 0 Å². The third-order valence-corrected chi connectivity index (χ3v) is 5.30. The van der Waals surface area contributed by atoms with Gasteiger partial charge >= 0.3 is 36.5 Å². The van der Waals surface area contributed by atoms with Gasteiger partial charge in [0.1, 0.15) is 35.4 Å². The normalized spacial score (nSPS) is 24.4. The van der Waals surface area contributed by atoms with Gasteiger partial charge in [-0.2, -0.15) is 26.3 Å². The molecule has 2 aliphatic rings. The van der Waals surface area contributed by atoms with Gasteiger partial charge in [0.25, 0.3) is 0 Å². The third-order valence-electron chi connectivity index (χ3n) is 5.30. The number of alkyl halides is 6. The number of ether oxygens (including phenoxy) is 2. The van der Waals surface area contributed by atoms with Gasteiger partial charge in [-0.1, -0.05) is 0 Å². The highest BCUT2D eigenvalue weighted by atomic mass is 19.4. The Balaban J connectivity index is 0.000000380. The van der Waals surface area contributed by atoms with Crippen molar-refractivity contribution in [2.75, 3.05) is 0 Å². The molecule has 2 rings (SSSR count). The van der Waals surface area contributed by atoms with Crippen LogP contribution in [0.5, 0.6) is 0 Å². The molecule has 0 saturated carbocycles. The fourth-order valence-electron chi connectivity index (χ4n) is 3.89. The molecule has 2 amide bonds. The molecule has 0 aromatic rings. The van der Waals surface area contributed by atoms with Crippen molar-refractivity contribution in [3.63, 3.8) is 0 Å². The van der Waals surface area contributed by atoms with Gasteiger partial charge in [0, 0.05) is 0 Å². The molecule has 16 heteroatoms. The average Bonchev–Trinajstić information content (AvgIpc) is 3.30. The van der Waals surface area contributed by atoms with E-state index in [9.17, 15) is 45.5 Å². The lowest BCUT2D eigenvalue weighted by Gasteiger charge is -2.31. The quantitative estimate of drug-likeness (QED) is 0.456. The highest BCUT2D eigenvalue weighted by molar-refractivity contribution is 5.82. The molecule has 0 spiro atoms. The molecular weight excluding hydrogens is 534 g/mol. The van der Waals surface area contributed by atoms with E-state index in [4.69, 9.17) is 19.7 Å². The minimum Gasteiger partial charge on any atom is -0.480 e. The van der Waals surface area contributed by atoms with Crippen molar-refractivity contribution in [1.29, 1.82) is 0 Å². The number of carbonyl (C=O) groups excluding carboxylic acids is 2. The molecule has 0 aromatic heterocycles. The lowest BCUT2D eigenvalue weighted by atomic mass is 10.2. The van der Waals surface area contributed by atoms with Crippen LogP contribution in [0.25, 0.3) is 0 Å². The lowest BCUT2D eigenvalue weighted by Crippen LogP contribution is -2.51. The molecule has 2 saturated heterocycles. The van der Waals surface area contributed by atoms with Crippen LogP contribution >= 0.6 is 0 Å². The molecule has 0 bridgehead atoms. The number of hydrogen-bond acceptors (Lipinski definition) is 6. The Labute approximate surface area is 214 Å². The standard InChI is InChI=1S/2C11H16F3NO4/c2*1-10(2,3)19-9(18)15-6(8(16)17)4-5-7(15)11(12,13)14/h2*6-7H,4-5H2,1-3H3,(H,16,17)/t2*6-,7+/m10/s1. The van der Waals surface area contributed by atoms with E-state index in [2.05, 4.69) is 0 Å². The van der Waals surface area contributed by atoms with Crippen LogP contribution < -0.4 is 0 Å². The van der Waals surface area contributed by atoms with Crippen molar-refractivity contribution in [1.82, 2.24) is 9.80 Å². The first kappa shape index (κ1) is 33.1. The monoisotopic (exact) mass is 566 g/mol. The summed E-state index contributed by atoms with van der Waals surface area (Å²) in [6.45, 7) is 9.00. The maximum Gasteiger partial charge on any atom is 0.411 e. The van der Waals surface area contributed by atoms with Crippen LogP contribution in [0.15, 0.2) is 0 Å². The zero-order chi connectivity index (χ0) is 30.0. The molecule has 4 atom stereocenters. The molecule has 10 nitrogen and oxygen atoms in total. The molecule has 0 aliphatic carbocycles. The smallest absolute Gasteiger partial charge is 0.411 e. The number of carboxylic acid groups (broad SMARTS) is 2. The largest absolute Gasteiger partial charge is 0.480 e. The summed E-state index contributed by atoms with van der Waals surface area (Å²) in [5, 5.41) is 17.8. The number of carboxylic acids is 2. The van der Waals surface area contributed by atoms with Gasteiger partial charge in [-0.05, 0) is 67.2 Å². The number of nitrogens with zero attached hydrogens (tertiary/aromatic N) is 2. The predicted octanol–water partition coefficient (Wildman–Crippen LogP) is 4.80. The van der Waals surface area contributed by atoms with Crippen LogP contribution in [-0.4, -0.2) is 91.9 Å². The van der Waals surface area contributed by atoms with E-state index < -0.39 is 84.7 Å². The van der Waals surface area contributed by atoms with Crippen LogP contribution in [-0.2, 0) is 19.1 Å². The highest BCUT2D eigenvalue weighted by Crippen LogP contribution is 2.38. The minimum atomic E-state index is -4.67. The van der Waals surface area contributed by atoms with Crippen LogP contribution in [0.3, 0.4) is 0 Å². The van der Waals surface area contributed by atoms with Crippen LogP contribution in [0, 0.1) is 0 Å². The van der Waals surface area contributed by atoms with Gasteiger partial charge in [-0.15, -0.1) is 0 Å². The Bertz CT molecular complexity index is 822. The summed E-state index contributed by atoms with van der Waals surface area (Å²) in [6.07, 6.45) is -13.2. The van der Waals surface area contributed by atoms with Gasteiger partial charge in [-0.3, -0.25) is 9.80 Å². The molecule has 2 N–H and O–H groups in total. The van der Waals surface area contributed by atoms with E-state index in [1.165, 1.54) is 41.5 Å². The average molecular weight is 566 g/mol. The maximum atomic E-state index is 12.8. The van der Waals surface area contributed by atoms with Gasteiger partial charge in [0.2, 0.25) is 0 Å². The summed E-state index contributed by atoms with van der Waals surface area (Å²) in [5.74, 6) is -2.92. The summed E-state index contributed by atoms with van der Waals surface area (Å²) in [5.41, 5.74) is -1.97. The second-order valence-corrected chi connectivity index (χ2v) is 10.8. The van der Waals surface area contributed by atoms with Crippen LogP contribution in [0.4, 0.5) is 35.9 Å². The zero-order valence-electron chi connectivity index (χ0n) is 21.6. The number of amides is 2. The number of hydrogen-bond donors (Lipinski definition) is 2. The first-order chi connectivity index (χ1) is 16.9. The molecular formula is C22H32F6N2O8. The molecule has 220 valence electrons. The Morgan fingerprint density at radius 3 is 1.05 bits per heavy atom. The minimum absolute atomic E-state index is 0.237. The Morgan fingerprint density at radius 1 is 0.605 bits per heavy atom. The number of carbonyl (C=O) groups is 4. The molecule has 2 fully saturated rings. The van der Waals surface area contributed by atoms with Crippen LogP contribution in [0.2, 0.25) is 0 Å². The SMILES string of the molecule is CC(C)(C)OC(=O)N1[C@@H](C(=O)O)CC[C@H]1C(F)(F)F.CC(C)(C)OC(=O)N1[C@H](C(=O)O)CC[C@@H]1C(F)(F)F. The fraction of sp³-hybridized carbons (Fsp3) is 0.818. The van der Waals surface area contributed by atoms with E-state index in [1.54, 1.807) is 0 Å². The molecule has 0 aromatic carbocycles. The molecule has 2 aliphatic heterocycles. The molecule has 0 radical (unpaired) electrons. The second kappa shape index (κ2) is 11.4. The predicted molar refractivity (Wildman–Crippen MR) is 117 cm³/mol. The summed E-state index contributed by atoms with van der Waals surface area (Å²) in [4.78, 5) is 46.0. The van der Waals surface area contributed by atoms with E-state index in [-0.39, 0.29) is 22.6 Å². The zero-order valence-corrected chi connectivity index (χ0v) is 21.6.